The summed E-state index contributed by atoms with van der Waals surface area (Å²) in [6, 6.07) is 35.1. The van der Waals surface area contributed by atoms with Crippen molar-refractivity contribution in [1.82, 2.24) is 13.9 Å². The molecule has 1 amide bonds. The largest absolute Gasteiger partial charge is 0.333 e. The molecule has 0 aliphatic rings. The fourth-order valence-corrected chi connectivity index (χ4v) is 5.27. The molecule has 2 aromatic heterocycles. The number of nitrogens with zero attached hydrogens (tertiary/aromatic N) is 2. The van der Waals surface area contributed by atoms with E-state index in [0.717, 1.165) is 21.4 Å². The summed E-state index contributed by atoms with van der Waals surface area (Å²) < 4.78 is 3.94. The average Bonchev–Trinajstić information content (AvgIpc) is 3.44. The number of rotatable bonds is 4. The molecule has 160 valence electrons. The molecule has 5 heteroatoms. The fraction of sp³-hybridized carbons (Fsp3) is 0.0357. The van der Waals surface area contributed by atoms with Gasteiger partial charge in [0, 0.05) is 33.8 Å². The molecule has 0 saturated heterocycles. The van der Waals surface area contributed by atoms with Crippen LogP contribution in [0.5, 0.6) is 0 Å². The lowest BCUT2D eigenvalue weighted by molar-refractivity contribution is 0.243. The van der Waals surface area contributed by atoms with Gasteiger partial charge in [0.05, 0.1) is 16.6 Å². The quantitative estimate of drug-likeness (QED) is 0.314. The summed E-state index contributed by atoms with van der Waals surface area (Å²) in [6.07, 6.45) is 1.81. The minimum atomic E-state index is -0.125. The highest BCUT2D eigenvalue weighted by Crippen LogP contribution is 2.35. The van der Waals surface area contributed by atoms with Gasteiger partial charge >= 0.3 is 6.03 Å². The van der Waals surface area contributed by atoms with Crippen LogP contribution >= 0.6 is 11.9 Å². The van der Waals surface area contributed by atoms with Crippen LogP contribution in [0.15, 0.2) is 114 Å². The first kappa shape index (κ1) is 19.7. The summed E-state index contributed by atoms with van der Waals surface area (Å²) in [7, 11) is 0. The maximum absolute atomic E-state index is 12.7. The van der Waals surface area contributed by atoms with Gasteiger partial charge in [0.2, 0.25) is 0 Å². The number of carbonyl (C=O) groups is 1. The van der Waals surface area contributed by atoms with Crippen LogP contribution in [0.25, 0.3) is 32.7 Å². The van der Waals surface area contributed by atoms with Crippen molar-refractivity contribution >= 4 is 50.7 Å². The van der Waals surface area contributed by atoms with Gasteiger partial charge in [-0.05, 0) is 53.9 Å². The predicted octanol–water partition coefficient (Wildman–Crippen LogP) is 7.06. The number of benzene rings is 4. The van der Waals surface area contributed by atoms with Crippen molar-refractivity contribution in [3.05, 3.63) is 115 Å². The lowest BCUT2D eigenvalue weighted by Gasteiger charge is -2.09. The number of amides is 1. The van der Waals surface area contributed by atoms with E-state index in [1.54, 1.807) is 16.5 Å². The van der Waals surface area contributed by atoms with Gasteiger partial charge < -0.3 is 5.32 Å². The minimum Gasteiger partial charge on any atom is -0.333 e. The Morgan fingerprint density at radius 2 is 1.30 bits per heavy atom. The Bertz CT molecular complexity index is 1560. The third-order valence-electron chi connectivity index (χ3n) is 5.92. The summed E-state index contributed by atoms with van der Waals surface area (Å²) in [6.45, 7) is 0.478. The van der Waals surface area contributed by atoms with Crippen molar-refractivity contribution in [3.8, 4) is 0 Å². The first-order chi connectivity index (χ1) is 16.3. The summed E-state index contributed by atoms with van der Waals surface area (Å²) in [5.41, 5.74) is 4.39. The van der Waals surface area contributed by atoms with Gasteiger partial charge in [-0.1, -0.05) is 66.7 Å². The molecule has 0 saturated carbocycles. The molecule has 33 heavy (non-hydrogen) atoms. The second kappa shape index (κ2) is 8.19. The summed E-state index contributed by atoms with van der Waals surface area (Å²) >= 11 is 1.71. The van der Waals surface area contributed by atoms with E-state index in [0.29, 0.717) is 6.54 Å². The first-order valence-corrected chi connectivity index (χ1v) is 11.6. The number of hydrogen-bond acceptors (Lipinski definition) is 2. The van der Waals surface area contributed by atoms with Gasteiger partial charge in [-0.2, -0.15) is 0 Å². The van der Waals surface area contributed by atoms with E-state index in [-0.39, 0.29) is 6.03 Å². The van der Waals surface area contributed by atoms with Gasteiger partial charge in [-0.25, -0.2) is 4.79 Å². The van der Waals surface area contributed by atoms with Gasteiger partial charge in [0.1, 0.15) is 0 Å². The number of hydrogen-bond donors (Lipinski definition) is 1. The molecule has 1 N–H and O–H groups in total. The molecule has 0 fully saturated rings. The maximum Gasteiger partial charge on any atom is 0.326 e. The Morgan fingerprint density at radius 1 is 0.697 bits per heavy atom. The van der Waals surface area contributed by atoms with Crippen molar-refractivity contribution in [2.24, 2.45) is 0 Å². The Balaban J connectivity index is 1.20. The summed E-state index contributed by atoms with van der Waals surface area (Å²) in [5, 5.41) is 6.60. The van der Waals surface area contributed by atoms with Crippen LogP contribution in [0, 0.1) is 0 Å². The molecule has 6 aromatic rings. The number of fused-ring (bicyclic) bond motifs is 4. The van der Waals surface area contributed by atoms with Gasteiger partial charge in [0.15, 0.2) is 0 Å². The molecule has 0 spiro atoms. The Kier molecular flexibility index (Phi) is 4.89. The molecule has 0 atom stereocenters. The summed E-state index contributed by atoms with van der Waals surface area (Å²) in [4.78, 5) is 13.8. The average molecular weight is 448 g/mol. The smallest absolute Gasteiger partial charge is 0.326 e. The van der Waals surface area contributed by atoms with E-state index in [9.17, 15) is 4.79 Å². The van der Waals surface area contributed by atoms with E-state index in [4.69, 9.17) is 0 Å². The zero-order valence-corrected chi connectivity index (χ0v) is 18.6. The van der Waals surface area contributed by atoms with Crippen LogP contribution in [-0.2, 0) is 6.54 Å². The second-order valence-corrected chi connectivity index (χ2v) is 8.99. The highest BCUT2D eigenvalue weighted by molar-refractivity contribution is 7.98. The molecular formula is C28H21N3OS. The molecule has 0 bridgehead atoms. The molecule has 6 rings (SSSR count). The fourth-order valence-electron chi connectivity index (χ4n) is 4.28. The second-order valence-electron chi connectivity index (χ2n) is 7.97. The molecule has 0 unspecified atom stereocenters. The third-order valence-corrected chi connectivity index (χ3v) is 6.98. The normalized spacial score (nSPS) is 11.4. The number of nitrogens with one attached hydrogen (secondary N) is 1. The van der Waals surface area contributed by atoms with Crippen LogP contribution < -0.4 is 5.32 Å². The number of para-hydroxylation sites is 3. The van der Waals surface area contributed by atoms with E-state index >= 15 is 0 Å². The Morgan fingerprint density at radius 3 is 2.00 bits per heavy atom. The zero-order chi connectivity index (χ0) is 22.2. The van der Waals surface area contributed by atoms with Crippen molar-refractivity contribution in [2.75, 3.05) is 0 Å². The van der Waals surface area contributed by atoms with Crippen molar-refractivity contribution in [3.63, 3.8) is 0 Å². The predicted molar refractivity (Wildman–Crippen MR) is 137 cm³/mol. The van der Waals surface area contributed by atoms with E-state index in [2.05, 4.69) is 82.1 Å². The van der Waals surface area contributed by atoms with E-state index in [1.165, 1.54) is 21.8 Å². The van der Waals surface area contributed by atoms with Gasteiger partial charge in [0.25, 0.3) is 0 Å². The van der Waals surface area contributed by atoms with E-state index < -0.39 is 0 Å². The van der Waals surface area contributed by atoms with E-state index in [1.807, 2.05) is 36.5 Å². The zero-order valence-electron chi connectivity index (χ0n) is 17.8. The SMILES string of the molecule is O=C(NCc1ccc(Sn2c3ccccc3c3ccccc32)cc1)n1ccc2ccccc21. The van der Waals surface area contributed by atoms with Gasteiger partial charge in [-0.3, -0.25) is 8.54 Å². The molecule has 0 aliphatic heterocycles. The van der Waals surface area contributed by atoms with Crippen LogP contribution in [0.3, 0.4) is 0 Å². The van der Waals surface area contributed by atoms with Crippen LogP contribution in [0.4, 0.5) is 4.79 Å². The highest BCUT2D eigenvalue weighted by Gasteiger charge is 2.11. The molecule has 0 aliphatic carbocycles. The molecule has 2 heterocycles. The highest BCUT2D eigenvalue weighted by atomic mass is 32.2. The maximum atomic E-state index is 12.7. The number of aromatic nitrogens is 2. The lowest BCUT2D eigenvalue weighted by Crippen LogP contribution is -2.27. The molecule has 4 aromatic carbocycles. The molecule has 4 nitrogen and oxygen atoms in total. The number of carbonyl (C=O) groups excluding carboxylic acids is 1. The summed E-state index contributed by atoms with van der Waals surface area (Å²) in [5.74, 6) is 0. The lowest BCUT2D eigenvalue weighted by atomic mass is 10.2. The Labute approximate surface area is 195 Å². The third kappa shape index (κ3) is 3.56. The Hall–Kier alpha value is -3.96. The first-order valence-electron chi connectivity index (χ1n) is 10.9. The standard InChI is InChI=1S/C28H21N3OS/c32-28(30-18-17-21-7-1-4-10-25(21)30)29-19-20-13-15-22(16-14-20)33-31-26-11-5-2-8-23(26)24-9-3-6-12-27(24)31/h1-18H,19H2,(H,29,32). The van der Waals surface area contributed by atoms with Crippen molar-refractivity contribution in [1.29, 1.82) is 0 Å². The topological polar surface area (TPSA) is 39.0 Å². The van der Waals surface area contributed by atoms with Crippen molar-refractivity contribution in [2.45, 2.75) is 11.4 Å². The van der Waals surface area contributed by atoms with Gasteiger partial charge in [-0.15, -0.1) is 0 Å². The van der Waals surface area contributed by atoms with Crippen LogP contribution in [0.1, 0.15) is 5.56 Å². The monoisotopic (exact) mass is 447 g/mol. The molecule has 0 radical (unpaired) electrons. The molecular weight excluding hydrogens is 426 g/mol. The van der Waals surface area contributed by atoms with Crippen LogP contribution in [-0.4, -0.2) is 14.6 Å². The van der Waals surface area contributed by atoms with Crippen LogP contribution in [0.2, 0.25) is 0 Å². The van der Waals surface area contributed by atoms with Crippen molar-refractivity contribution < 1.29 is 4.79 Å². The minimum absolute atomic E-state index is 0.125.